The smallest absolute Gasteiger partial charge is 0.254 e. The van der Waals surface area contributed by atoms with Gasteiger partial charge in [-0.3, -0.25) is 14.3 Å². The number of nitrogens with zero attached hydrogens (tertiary/aromatic N) is 3. The first-order chi connectivity index (χ1) is 14.1. The van der Waals surface area contributed by atoms with E-state index in [-0.39, 0.29) is 29.8 Å². The van der Waals surface area contributed by atoms with Gasteiger partial charge in [-0.25, -0.2) is 0 Å². The number of rotatable bonds is 5. The standard InChI is InChI=1S/C24H30N4O2/c1-16(2)28(23(30)19-12-11-17-9-7-8-10-18(17)13-19)15-22(29)25-21-14-20(24(3,4)5)26-27(21)6/h7-14,16H,15H2,1-6H3,(H,25,29). The van der Waals surface area contributed by atoms with Crippen LogP contribution in [0, 0.1) is 0 Å². The van der Waals surface area contributed by atoms with Crippen molar-refractivity contribution in [1.82, 2.24) is 14.7 Å². The van der Waals surface area contributed by atoms with E-state index >= 15 is 0 Å². The van der Waals surface area contributed by atoms with Gasteiger partial charge in [-0.15, -0.1) is 0 Å². The summed E-state index contributed by atoms with van der Waals surface area (Å²) in [6.45, 7) is 10.0. The normalized spacial score (nSPS) is 11.7. The molecular formula is C24H30N4O2. The summed E-state index contributed by atoms with van der Waals surface area (Å²) in [5.41, 5.74) is 1.36. The molecule has 0 fully saturated rings. The van der Waals surface area contributed by atoms with E-state index in [1.54, 1.807) is 16.6 Å². The SMILES string of the molecule is CC(C)N(CC(=O)Nc1cc(C(C)(C)C)nn1C)C(=O)c1ccc2ccccc2c1. The molecule has 0 aliphatic carbocycles. The van der Waals surface area contributed by atoms with Crippen LogP contribution in [0.1, 0.15) is 50.7 Å². The lowest BCUT2D eigenvalue weighted by Crippen LogP contribution is -2.42. The highest BCUT2D eigenvalue weighted by Crippen LogP contribution is 2.23. The molecule has 0 aliphatic rings. The number of anilines is 1. The maximum absolute atomic E-state index is 13.1. The van der Waals surface area contributed by atoms with Crippen LogP contribution in [0.4, 0.5) is 5.82 Å². The highest BCUT2D eigenvalue weighted by atomic mass is 16.2. The van der Waals surface area contributed by atoms with Crippen LogP contribution in [0.5, 0.6) is 0 Å². The number of aryl methyl sites for hydroxylation is 1. The third-order valence-electron chi connectivity index (χ3n) is 5.11. The van der Waals surface area contributed by atoms with Crippen LogP contribution in [0.15, 0.2) is 48.5 Å². The fourth-order valence-electron chi connectivity index (χ4n) is 3.26. The highest BCUT2D eigenvalue weighted by molar-refractivity contribution is 6.01. The molecule has 0 spiro atoms. The monoisotopic (exact) mass is 406 g/mol. The molecule has 0 saturated heterocycles. The van der Waals surface area contributed by atoms with Gasteiger partial charge in [-0.05, 0) is 36.8 Å². The average Bonchev–Trinajstić information content (AvgIpc) is 3.05. The summed E-state index contributed by atoms with van der Waals surface area (Å²) in [7, 11) is 1.80. The van der Waals surface area contributed by atoms with E-state index < -0.39 is 0 Å². The minimum absolute atomic E-state index is 0.0284. The molecule has 0 radical (unpaired) electrons. The molecule has 0 saturated carbocycles. The maximum Gasteiger partial charge on any atom is 0.254 e. The third kappa shape index (κ3) is 4.70. The Morgan fingerprint density at radius 3 is 2.33 bits per heavy atom. The van der Waals surface area contributed by atoms with Crippen molar-refractivity contribution in [3.05, 3.63) is 59.8 Å². The lowest BCUT2D eigenvalue weighted by atomic mass is 9.92. The van der Waals surface area contributed by atoms with Crippen molar-refractivity contribution in [1.29, 1.82) is 0 Å². The van der Waals surface area contributed by atoms with Crippen molar-refractivity contribution >= 4 is 28.4 Å². The molecule has 3 aromatic rings. The number of fused-ring (bicyclic) bond motifs is 1. The molecule has 3 rings (SSSR count). The van der Waals surface area contributed by atoms with E-state index in [0.29, 0.717) is 11.4 Å². The van der Waals surface area contributed by atoms with Crippen molar-refractivity contribution < 1.29 is 9.59 Å². The Balaban J connectivity index is 1.77. The molecule has 6 nitrogen and oxygen atoms in total. The second-order valence-electron chi connectivity index (χ2n) is 8.93. The van der Waals surface area contributed by atoms with Gasteiger partial charge in [0.15, 0.2) is 0 Å². The predicted octanol–water partition coefficient (Wildman–Crippen LogP) is 4.36. The van der Waals surface area contributed by atoms with Crippen molar-refractivity contribution in [3.8, 4) is 0 Å². The van der Waals surface area contributed by atoms with Crippen molar-refractivity contribution in [3.63, 3.8) is 0 Å². The molecule has 1 heterocycles. The van der Waals surface area contributed by atoms with E-state index in [1.165, 1.54) is 0 Å². The molecule has 0 bridgehead atoms. The number of carbonyl (C=O) groups is 2. The summed E-state index contributed by atoms with van der Waals surface area (Å²) in [6.07, 6.45) is 0. The van der Waals surface area contributed by atoms with Gasteiger partial charge in [-0.2, -0.15) is 5.10 Å². The molecule has 2 amide bonds. The molecular weight excluding hydrogens is 376 g/mol. The molecule has 30 heavy (non-hydrogen) atoms. The first-order valence-electron chi connectivity index (χ1n) is 10.2. The Labute approximate surface area is 177 Å². The Morgan fingerprint density at radius 1 is 1.07 bits per heavy atom. The summed E-state index contributed by atoms with van der Waals surface area (Å²) >= 11 is 0. The number of hydrogen-bond acceptors (Lipinski definition) is 3. The molecule has 0 atom stereocenters. The van der Waals surface area contributed by atoms with Crippen molar-refractivity contribution in [2.75, 3.05) is 11.9 Å². The number of amides is 2. The second kappa shape index (κ2) is 8.30. The average molecular weight is 407 g/mol. The topological polar surface area (TPSA) is 67.2 Å². The third-order valence-corrected chi connectivity index (χ3v) is 5.11. The number of carbonyl (C=O) groups excluding carboxylic acids is 2. The molecule has 0 unspecified atom stereocenters. The number of benzene rings is 2. The fourth-order valence-corrected chi connectivity index (χ4v) is 3.26. The van der Waals surface area contributed by atoms with E-state index in [1.807, 2.05) is 62.4 Å². The maximum atomic E-state index is 13.1. The lowest BCUT2D eigenvalue weighted by Gasteiger charge is -2.26. The van der Waals surface area contributed by atoms with E-state index in [9.17, 15) is 9.59 Å². The molecule has 6 heteroatoms. The van der Waals surface area contributed by atoms with Gasteiger partial charge < -0.3 is 10.2 Å². The molecule has 2 aromatic carbocycles. The number of aromatic nitrogens is 2. The summed E-state index contributed by atoms with van der Waals surface area (Å²) < 4.78 is 1.66. The Morgan fingerprint density at radius 2 is 1.73 bits per heavy atom. The van der Waals surface area contributed by atoms with Crippen molar-refractivity contribution in [2.24, 2.45) is 7.05 Å². The molecule has 1 N–H and O–H groups in total. The van der Waals surface area contributed by atoms with Crippen LogP contribution in [-0.4, -0.2) is 39.1 Å². The summed E-state index contributed by atoms with van der Waals surface area (Å²) in [5, 5.41) is 9.45. The van der Waals surface area contributed by atoms with Gasteiger partial charge in [-0.1, -0.05) is 51.1 Å². The van der Waals surface area contributed by atoms with E-state index in [0.717, 1.165) is 16.5 Å². The van der Waals surface area contributed by atoms with Crippen LogP contribution in [0.25, 0.3) is 10.8 Å². The fraction of sp³-hybridized carbons (Fsp3) is 0.375. The van der Waals surface area contributed by atoms with Crippen LogP contribution in [0.2, 0.25) is 0 Å². The molecule has 0 aliphatic heterocycles. The van der Waals surface area contributed by atoms with Crippen LogP contribution < -0.4 is 5.32 Å². The van der Waals surface area contributed by atoms with Gasteiger partial charge in [0.25, 0.3) is 5.91 Å². The van der Waals surface area contributed by atoms with Gasteiger partial charge in [0.05, 0.1) is 5.69 Å². The minimum atomic E-state index is -0.249. The summed E-state index contributed by atoms with van der Waals surface area (Å²) in [5.74, 6) is 0.208. The Hall–Kier alpha value is -3.15. The summed E-state index contributed by atoms with van der Waals surface area (Å²) in [4.78, 5) is 27.5. The number of nitrogens with one attached hydrogen (secondary N) is 1. The Kier molecular flexibility index (Phi) is 5.97. The van der Waals surface area contributed by atoms with E-state index in [4.69, 9.17) is 0 Å². The quantitative estimate of drug-likeness (QED) is 0.685. The zero-order valence-electron chi connectivity index (χ0n) is 18.6. The van der Waals surface area contributed by atoms with E-state index in [2.05, 4.69) is 31.2 Å². The van der Waals surface area contributed by atoms with Crippen LogP contribution >= 0.6 is 0 Å². The predicted molar refractivity (Wildman–Crippen MR) is 121 cm³/mol. The second-order valence-corrected chi connectivity index (χ2v) is 8.93. The zero-order chi connectivity index (χ0) is 22.1. The van der Waals surface area contributed by atoms with Crippen LogP contribution in [-0.2, 0) is 17.3 Å². The minimum Gasteiger partial charge on any atom is -0.327 e. The van der Waals surface area contributed by atoms with Gasteiger partial charge >= 0.3 is 0 Å². The first kappa shape index (κ1) is 21.6. The Bertz CT molecular complexity index is 1080. The van der Waals surface area contributed by atoms with Crippen molar-refractivity contribution in [2.45, 2.75) is 46.1 Å². The molecule has 158 valence electrons. The largest absolute Gasteiger partial charge is 0.327 e. The molecule has 1 aromatic heterocycles. The van der Waals surface area contributed by atoms with Crippen LogP contribution in [0.3, 0.4) is 0 Å². The van der Waals surface area contributed by atoms with Gasteiger partial charge in [0.1, 0.15) is 12.4 Å². The zero-order valence-corrected chi connectivity index (χ0v) is 18.6. The lowest BCUT2D eigenvalue weighted by molar-refractivity contribution is -0.117. The summed E-state index contributed by atoms with van der Waals surface area (Å²) in [6, 6.07) is 15.3. The first-order valence-corrected chi connectivity index (χ1v) is 10.2. The highest BCUT2D eigenvalue weighted by Gasteiger charge is 2.24. The van der Waals surface area contributed by atoms with Gasteiger partial charge in [0, 0.05) is 30.1 Å². The number of hydrogen-bond donors (Lipinski definition) is 1. The van der Waals surface area contributed by atoms with Gasteiger partial charge in [0.2, 0.25) is 5.91 Å².